The molecule has 2 heterocycles. The molecule has 3 aromatic rings. The summed E-state index contributed by atoms with van der Waals surface area (Å²) >= 11 is 1.60. The number of carbonyl (C=O) groups is 1. The number of nitrogens with zero attached hydrogens (tertiary/aromatic N) is 2. The Balaban J connectivity index is 1.64. The Morgan fingerprint density at radius 2 is 1.97 bits per heavy atom. The van der Waals surface area contributed by atoms with Gasteiger partial charge in [0, 0.05) is 18.3 Å². The van der Waals surface area contributed by atoms with E-state index in [4.69, 9.17) is 4.52 Å². The zero-order chi connectivity index (χ0) is 23.8. The van der Waals surface area contributed by atoms with Gasteiger partial charge in [0.25, 0.3) is 0 Å². The number of fused-ring (bicyclic) bond motifs is 1. The Hall–Kier alpha value is -2.78. The first-order valence-electron chi connectivity index (χ1n) is 10.7. The molecule has 0 radical (unpaired) electrons. The van der Waals surface area contributed by atoms with E-state index in [1.165, 1.54) is 6.08 Å². The van der Waals surface area contributed by atoms with Gasteiger partial charge in [0.15, 0.2) is 0 Å². The molecule has 2 aromatic heterocycles. The van der Waals surface area contributed by atoms with Crippen molar-refractivity contribution in [1.29, 1.82) is 0 Å². The van der Waals surface area contributed by atoms with E-state index in [-0.39, 0.29) is 13.0 Å². The lowest BCUT2D eigenvalue weighted by atomic mass is 10.2. The molecule has 2 unspecified atom stereocenters. The molecule has 0 fully saturated rings. The van der Waals surface area contributed by atoms with Gasteiger partial charge in [0.2, 0.25) is 11.9 Å². The monoisotopic (exact) mass is 489 g/mol. The van der Waals surface area contributed by atoms with Crippen LogP contribution in [-0.2, 0) is 13.9 Å². The molecule has 33 heavy (non-hydrogen) atoms. The van der Waals surface area contributed by atoms with E-state index in [1.807, 2.05) is 42.6 Å². The van der Waals surface area contributed by atoms with E-state index in [9.17, 15) is 14.3 Å². The van der Waals surface area contributed by atoms with Crippen LogP contribution in [-0.4, -0.2) is 39.7 Å². The molecule has 0 bridgehead atoms. The molecule has 2 atom stereocenters. The average molecular weight is 490 g/mol. The van der Waals surface area contributed by atoms with Crippen molar-refractivity contribution in [2.45, 2.75) is 33.0 Å². The maximum atomic E-state index is 12.2. The topological polar surface area (TPSA) is 125 Å². The minimum atomic E-state index is -3.90. The van der Waals surface area contributed by atoms with Crippen molar-refractivity contribution in [2.24, 2.45) is 0 Å². The highest BCUT2D eigenvalue weighted by atomic mass is 32.1. The largest absolute Gasteiger partial charge is 0.369 e. The predicted octanol–water partition coefficient (Wildman–Crippen LogP) is 4.95. The second-order valence-corrected chi connectivity index (χ2v) is 9.98. The van der Waals surface area contributed by atoms with Gasteiger partial charge < -0.3 is 25.4 Å². The summed E-state index contributed by atoms with van der Waals surface area (Å²) in [6, 6.07) is 9.36. The number of anilines is 3. The summed E-state index contributed by atoms with van der Waals surface area (Å²) < 4.78 is 18.0. The fourth-order valence-electron chi connectivity index (χ4n) is 3.09. The molecule has 9 nitrogen and oxygen atoms in total. The highest BCUT2D eigenvalue weighted by Crippen LogP contribution is 2.47. The predicted molar refractivity (Wildman–Crippen MR) is 134 cm³/mol. The van der Waals surface area contributed by atoms with Crippen molar-refractivity contribution in [1.82, 2.24) is 15.3 Å². The van der Waals surface area contributed by atoms with Gasteiger partial charge in [0.1, 0.15) is 11.6 Å². The Bertz CT molecular complexity index is 1170. The maximum absolute atomic E-state index is 12.2. The second kappa shape index (κ2) is 11.4. The quantitative estimate of drug-likeness (QED) is 0.220. The number of benzene rings is 1. The molecular formula is C22H28N5O4PS. The fourth-order valence-corrected chi connectivity index (χ4v) is 5.19. The van der Waals surface area contributed by atoms with Crippen LogP contribution in [0.1, 0.15) is 32.8 Å². The number of aromatic nitrogens is 2. The summed E-state index contributed by atoms with van der Waals surface area (Å²) in [5.74, 6) is -0.124. The molecule has 3 rings (SSSR count). The standard InChI is InChI=1S/C22H28N5O4PS/c1-4-19(32(29,30)31-6-3)26-18(28)12-9-15-7-10-16(11-8-15)24-22-25-17-13-14-33-20(17)21(27-22)23-5-2/h7-14,19H,4-6H2,1-3H3,(H,26,28)(H,29,30)(H2,23,24,25,27)/b12-9+. The third-order valence-corrected chi connectivity index (χ3v) is 7.47. The first-order chi connectivity index (χ1) is 15.9. The van der Waals surface area contributed by atoms with Crippen molar-refractivity contribution in [3.8, 4) is 0 Å². The van der Waals surface area contributed by atoms with Crippen LogP contribution in [0.3, 0.4) is 0 Å². The van der Waals surface area contributed by atoms with Crippen molar-refractivity contribution in [3.05, 3.63) is 47.4 Å². The SMILES string of the molecule is CCNc1nc(Nc2ccc(/C=C/C(=O)NC(CC)P(=O)(O)OCC)cc2)nc2ccsc12. The lowest BCUT2D eigenvalue weighted by Gasteiger charge is -2.21. The third-order valence-electron chi connectivity index (χ3n) is 4.65. The van der Waals surface area contributed by atoms with E-state index < -0.39 is 19.3 Å². The zero-order valence-corrected chi connectivity index (χ0v) is 20.5. The van der Waals surface area contributed by atoms with Gasteiger partial charge in [-0.15, -0.1) is 11.3 Å². The van der Waals surface area contributed by atoms with Crippen molar-refractivity contribution >= 4 is 58.6 Å². The Morgan fingerprint density at radius 1 is 1.21 bits per heavy atom. The number of rotatable bonds is 11. The number of hydrogen-bond acceptors (Lipinski definition) is 8. The molecule has 4 N–H and O–H groups in total. The van der Waals surface area contributed by atoms with Crippen LogP contribution in [0.5, 0.6) is 0 Å². The Labute approximate surface area is 196 Å². The summed E-state index contributed by atoms with van der Waals surface area (Å²) in [6.45, 7) is 6.22. The van der Waals surface area contributed by atoms with Crippen LogP contribution in [0.4, 0.5) is 17.5 Å². The number of nitrogens with one attached hydrogen (secondary N) is 3. The van der Waals surface area contributed by atoms with Crippen molar-refractivity contribution in [2.75, 3.05) is 23.8 Å². The smallest absolute Gasteiger partial charge is 0.350 e. The lowest BCUT2D eigenvalue weighted by Crippen LogP contribution is -2.33. The number of amides is 1. The van der Waals surface area contributed by atoms with Crippen molar-refractivity contribution < 1.29 is 18.8 Å². The maximum Gasteiger partial charge on any atom is 0.350 e. The van der Waals surface area contributed by atoms with Crippen LogP contribution in [0, 0.1) is 0 Å². The lowest BCUT2D eigenvalue weighted by molar-refractivity contribution is -0.116. The molecule has 0 spiro atoms. The molecule has 1 amide bonds. The second-order valence-electron chi connectivity index (χ2n) is 7.06. The van der Waals surface area contributed by atoms with Gasteiger partial charge in [0.05, 0.1) is 16.8 Å². The molecule has 11 heteroatoms. The van der Waals surface area contributed by atoms with E-state index in [0.717, 1.165) is 33.8 Å². The van der Waals surface area contributed by atoms with E-state index in [1.54, 1.807) is 31.3 Å². The van der Waals surface area contributed by atoms with Crippen LogP contribution in [0.25, 0.3) is 16.3 Å². The molecule has 0 saturated carbocycles. The average Bonchev–Trinajstić information content (AvgIpc) is 3.26. The van der Waals surface area contributed by atoms with Crippen molar-refractivity contribution in [3.63, 3.8) is 0 Å². The van der Waals surface area contributed by atoms with Crippen LogP contribution in [0.15, 0.2) is 41.8 Å². The van der Waals surface area contributed by atoms with Crippen LogP contribution in [0.2, 0.25) is 0 Å². The molecule has 1 aromatic carbocycles. The molecule has 0 aliphatic rings. The van der Waals surface area contributed by atoms with E-state index in [0.29, 0.717) is 5.95 Å². The van der Waals surface area contributed by atoms with Gasteiger partial charge in [-0.3, -0.25) is 9.36 Å². The summed E-state index contributed by atoms with van der Waals surface area (Å²) in [5, 5.41) is 11.0. The minimum Gasteiger partial charge on any atom is -0.369 e. The first-order valence-corrected chi connectivity index (χ1v) is 13.2. The number of carbonyl (C=O) groups excluding carboxylic acids is 1. The molecule has 0 aliphatic carbocycles. The molecule has 0 saturated heterocycles. The first kappa shape index (κ1) is 24.9. The summed E-state index contributed by atoms with van der Waals surface area (Å²) in [5.41, 5.74) is 2.47. The fraction of sp³-hybridized carbons (Fsp3) is 0.318. The molecular weight excluding hydrogens is 461 g/mol. The molecule has 176 valence electrons. The summed E-state index contributed by atoms with van der Waals surface area (Å²) in [6.07, 6.45) is 3.24. The van der Waals surface area contributed by atoms with Gasteiger partial charge in [-0.25, -0.2) is 4.98 Å². The highest BCUT2D eigenvalue weighted by molar-refractivity contribution is 7.53. The molecule has 0 aliphatic heterocycles. The zero-order valence-electron chi connectivity index (χ0n) is 18.7. The Morgan fingerprint density at radius 3 is 2.64 bits per heavy atom. The highest BCUT2D eigenvalue weighted by Gasteiger charge is 2.31. The van der Waals surface area contributed by atoms with E-state index in [2.05, 4.69) is 25.9 Å². The van der Waals surface area contributed by atoms with Gasteiger partial charge in [-0.2, -0.15) is 4.98 Å². The van der Waals surface area contributed by atoms with Gasteiger partial charge in [-0.1, -0.05) is 19.1 Å². The normalized spacial score (nSPS) is 14.2. The Kier molecular flexibility index (Phi) is 8.57. The van der Waals surface area contributed by atoms with E-state index >= 15 is 0 Å². The third kappa shape index (κ3) is 6.61. The minimum absolute atomic E-state index is 0.0962. The summed E-state index contributed by atoms with van der Waals surface area (Å²) in [4.78, 5) is 31.2. The summed E-state index contributed by atoms with van der Waals surface area (Å²) in [7, 11) is -3.90. The van der Waals surface area contributed by atoms with Crippen LogP contribution >= 0.6 is 18.9 Å². The van der Waals surface area contributed by atoms with Gasteiger partial charge in [-0.05, 0) is 55.5 Å². The number of hydrogen-bond donors (Lipinski definition) is 4. The number of thiophene rings is 1. The van der Waals surface area contributed by atoms with Crippen LogP contribution < -0.4 is 16.0 Å². The van der Waals surface area contributed by atoms with Gasteiger partial charge >= 0.3 is 7.60 Å².